The van der Waals surface area contributed by atoms with Crippen LogP contribution in [-0.2, 0) is 11.0 Å². The fourth-order valence-electron chi connectivity index (χ4n) is 1.03. The Balaban J connectivity index is 0. The van der Waals surface area contributed by atoms with Crippen molar-refractivity contribution >= 4 is 8.03 Å². The molecule has 1 aromatic carbocycles. The number of benzene rings is 1. The minimum absolute atomic E-state index is 0. The monoisotopic (exact) mass is 207 g/mol. The van der Waals surface area contributed by atoms with Crippen LogP contribution < -0.4 is 29.6 Å². The molecule has 2 atom stereocenters. The Morgan fingerprint density at radius 2 is 2.00 bits per heavy atom. The molecule has 0 amide bonds. The third-order valence-electron chi connectivity index (χ3n) is 1.75. The number of hydrogen-bond donors (Lipinski definition) is 1. The fraction of sp³-hybridized carbons (Fsp3) is 0.333. The molecule has 13 heavy (non-hydrogen) atoms. The Morgan fingerprint density at radius 3 is 2.46 bits per heavy atom. The SMILES string of the molecule is CC(Cc1ccccc1)[P+](=O)O.[H-].[Na+]. The zero-order valence-electron chi connectivity index (χ0n) is 8.97. The van der Waals surface area contributed by atoms with E-state index in [4.69, 9.17) is 4.89 Å². The van der Waals surface area contributed by atoms with Crippen molar-refractivity contribution in [3.05, 3.63) is 35.9 Å². The Hall–Kier alpha value is 0.280. The molecule has 0 radical (unpaired) electrons. The van der Waals surface area contributed by atoms with Gasteiger partial charge in [-0.2, -0.15) is 4.89 Å². The molecule has 0 spiro atoms. The molecular weight excluding hydrogens is 194 g/mol. The van der Waals surface area contributed by atoms with E-state index in [1.54, 1.807) is 6.92 Å². The third kappa shape index (κ3) is 4.90. The molecule has 1 N–H and O–H groups in total. The molecule has 0 fully saturated rings. The van der Waals surface area contributed by atoms with E-state index in [0.717, 1.165) is 5.56 Å². The average molecular weight is 207 g/mol. The zero-order valence-corrected chi connectivity index (χ0v) is 10.9. The predicted octanol–water partition coefficient (Wildman–Crippen LogP) is -0.531. The quantitative estimate of drug-likeness (QED) is 0.534. The van der Waals surface area contributed by atoms with Crippen LogP contribution in [0.3, 0.4) is 0 Å². The van der Waals surface area contributed by atoms with Gasteiger partial charge in [0.05, 0.1) is 0 Å². The first-order chi connectivity index (χ1) is 5.70. The summed E-state index contributed by atoms with van der Waals surface area (Å²) in [5.41, 5.74) is 0.963. The predicted molar refractivity (Wildman–Crippen MR) is 50.5 cm³/mol. The van der Waals surface area contributed by atoms with Gasteiger partial charge in [0, 0.05) is 6.42 Å². The summed E-state index contributed by atoms with van der Waals surface area (Å²) in [4.78, 5) is 8.79. The van der Waals surface area contributed by atoms with Crippen molar-refractivity contribution in [2.24, 2.45) is 0 Å². The second-order valence-corrected chi connectivity index (χ2v) is 4.33. The average Bonchev–Trinajstić information content (AvgIpc) is 2.06. The van der Waals surface area contributed by atoms with E-state index >= 15 is 0 Å². The molecule has 0 aromatic heterocycles. The van der Waals surface area contributed by atoms with Crippen LogP contribution in [0.4, 0.5) is 0 Å². The Kier molecular flexibility index (Phi) is 6.84. The van der Waals surface area contributed by atoms with Crippen LogP contribution >= 0.6 is 8.03 Å². The smallest absolute Gasteiger partial charge is 1.00 e. The Labute approximate surface area is 103 Å². The van der Waals surface area contributed by atoms with Crippen molar-refractivity contribution < 1.29 is 40.4 Å². The van der Waals surface area contributed by atoms with E-state index in [9.17, 15) is 4.57 Å². The van der Waals surface area contributed by atoms with Crippen LogP contribution in [0.15, 0.2) is 30.3 Å². The number of rotatable bonds is 3. The van der Waals surface area contributed by atoms with Crippen LogP contribution in [0, 0.1) is 0 Å². The van der Waals surface area contributed by atoms with E-state index in [-0.39, 0.29) is 36.6 Å². The standard InChI is InChI=1S/C9H11O2P.Na.H/c1-8(12(10)11)7-9-5-3-2-4-6-9;;/h2-6,8H,7H2,1H3;;/q;+1;-1/p+1. The Morgan fingerprint density at radius 1 is 1.46 bits per heavy atom. The van der Waals surface area contributed by atoms with Crippen molar-refractivity contribution in [3.63, 3.8) is 0 Å². The second kappa shape index (κ2) is 6.69. The van der Waals surface area contributed by atoms with E-state index in [1.165, 1.54) is 0 Å². The second-order valence-electron chi connectivity index (χ2n) is 2.84. The normalized spacial score (nSPS) is 12.9. The maximum atomic E-state index is 10.7. The molecule has 4 heteroatoms. The van der Waals surface area contributed by atoms with Crippen LogP contribution in [0.1, 0.15) is 13.9 Å². The minimum atomic E-state index is -2.04. The summed E-state index contributed by atoms with van der Waals surface area (Å²) in [5, 5.41) is 0. The van der Waals surface area contributed by atoms with Gasteiger partial charge < -0.3 is 1.43 Å². The van der Waals surface area contributed by atoms with Gasteiger partial charge in [0.1, 0.15) is 0 Å². The summed E-state index contributed by atoms with van der Waals surface area (Å²) < 4.78 is 10.7. The van der Waals surface area contributed by atoms with Crippen LogP contribution in [-0.4, -0.2) is 10.6 Å². The van der Waals surface area contributed by atoms with Gasteiger partial charge in [-0.05, 0) is 17.1 Å². The summed E-state index contributed by atoms with van der Waals surface area (Å²) in [7, 11) is -2.04. The molecule has 0 heterocycles. The molecule has 0 aliphatic rings. The van der Waals surface area contributed by atoms with Crippen molar-refractivity contribution in [3.8, 4) is 0 Å². The van der Waals surface area contributed by atoms with E-state index in [0.29, 0.717) is 6.42 Å². The molecule has 1 aromatic rings. The van der Waals surface area contributed by atoms with Gasteiger partial charge in [-0.25, -0.2) is 0 Å². The van der Waals surface area contributed by atoms with Crippen molar-refractivity contribution in [1.82, 2.24) is 0 Å². The molecule has 2 unspecified atom stereocenters. The van der Waals surface area contributed by atoms with Crippen LogP contribution in [0.2, 0.25) is 0 Å². The van der Waals surface area contributed by atoms with Gasteiger partial charge in [0.25, 0.3) is 0 Å². The summed E-state index contributed by atoms with van der Waals surface area (Å²) in [6.45, 7) is 1.78. The van der Waals surface area contributed by atoms with Crippen molar-refractivity contribution in [2.45, 2.75) is 19.0 Å². The summed E-state index contributed by atoms with van der Waals surface area (Å²) >= 11 is 0. The van der Waals surface area contributed by atoms with Crippen LogP contribution in [0.5, 0.6) is 0 Å². The van der Waals surface area contributed by atoms with Gasteiger partial charge in [0.2, 0.25) is 0 Å². The zero-order chi connectivity index (χ0) is 8.97. The molecular formula is C9H13NaO2P+. The van der Waals surface area contributed by atoms with Gasteiger partial charge in [-0.3, -0.25) is 0 Å². The van der Waals surface area contributed by atoms with Gasteiger partial charge >= 0.3 is 37.6 Å². The molecule has 0 aliphatic heterocycles. The van der Waals surface area contributed by atoms with E-state index in [1.807, 2.05) is 30.3 Å². The summed E-state index contributed by atoms with van der Waals surface area (Å²) in [6.07, 6.45) is 0.673. The van der Waals surface area contributed by atoms with Gasteiger partial charge in [-0.1, -0.05) is 30.3 Å². The minimum Gasteiger partial charge on any atom is -1.00 e. The first kappa shape index (κ1) is 13.3. The third-order valence-corrected chi connectivity index (χ3v) is 2.69. The maximum absolute atomic E-state index is 10.7. The first-order valence-corrected chi connectivity index (χ1v) is 5.17. The molecule has 0 bridgehead atoms. The number of hydrogen-bond acceptors (Lipinski definition) is 1. The molecule has 0 saturated heterocycles. The Bertz CT molecular complexity index is 269. The van der Waals surface area contributed by atoms with E-state index < -0.39 is 8.03 Å². The molecule has 0 aliphatic carbocycles. The fourth-order valence-corrected chi connectivity index (χ4v) is 1.40. The van der Waals surface area contributed by atoms with Crippen molar-refractivity contribution in [1.29, 1.82) is 0 Å². The topological polar surface area (TPSA) is 37.3 Å². The molecule has 1 rings (SSSR count). The molecule has 66 valence electrons. The summed E-state index contributed by atoms with van der Waals surface area (Å²) in [6, 6.07) is 9.75. The molecule has 2 nitrogen and oxygen atoms in total. The molecule has 0 saturated carbocycles. The first-order valence-electron chi connectivity index (χ1n) is 3.89. The van der Waals surface area contributed by atoms with Crippen molar-refractivity contribution in [2.75, 3.05) is 0 Å². The maximum Gasteiger partial charge on any atom is 1.00 e. The van der Waals surface area contributed by atoms with Crippen LogP contribution in [0.25, 0.3) is 0 Å². The van der Waals surface area contributed by atoms with Gasteiger partial charge in [-0.15, -0.1) is 0 Å². The van der Waals surface area contributed by atoms with E-state index in [2.05, 4.69) is 0 Å². The summed E-state index contributed by atoms with van der Waals surface area (Å²) in [5.74, 6) is 0. The van der Waals surface area contributed by atoms with Gasteiger partial charge in [0.15, 0.2) is 5.66 Å². The largest absolute Gasteiger partial charge is 1.00 e.